The highest BCUT2D eigenvalue weighted by molar-refractivity contribution is 7.99. The standard InChI is InChI=1S/C20H17F3N4O2S/c21-16-4-2-1-3-15(16)18-25-26-20(27(18)13-7-8-13)30-11-17(28)24-12-5-9-14(10-6-12)29-19(22)23/h1-6,9-10,13,19H,7-8,11H2,(H,24,28). The zero-order chi connectivity index (χ0) is 21.1. The highest BCUT2D eigenvalue weighted by atomic mass is 32.2. The molecule has 0 spiro atoms. The Morgan fingerprint density at radius 3 is 2.57 bits per heavy atom. The number of amides is 1. The van der Waals surface area contributed by atoms with Gasteiger partial charge in [0.2, 0.25) is 5.91 Å². The van der Waals surface area contributed by atoms with Gasteiger partial charge in [0.05, 0.1) is 11.3 Å². The smallest absolute Gasteiger partial charge is 0.387 e. The second-order valence-electron chi connectivity index (χ2n) is 6.63. The number of ether oxygens (including phenoxy) is 1. The summed E-state index contributed by atoms with van der Waals surface area (Å²) in [5.74, 6) is -0.137. The van der Waals surface area contributed by atoms with Gasteiger partial charge in [0, 0.05) is 11.7 Å². The molecule has 1 N–H and O–H groups in total. The fraction of sp³-hybridized carbons (Fsp3) is 0.250. The van der Waals surface area contributed by atoms with Crippen molar-refractivity contribution in [3.8, 4) is 17.1 Å². The van der Waals surface area contributed by atoms with E-state index in [-0.39, 0.29) is 29.3 Å². The van der Waals surface area contributed by atoms with Crippen molar-refractivity contribution in [2.75, 3.05) is 11.1 Å². The fourth-order valence-corrected chi connectivity index (χ4v) is 3.72. The third kappa shape index (κ3) is 4.76. The lowest BCUT2D eigenvalue weighted by Crippen LogP contribution is -2.14. The average molecular weight is 434 g/mol. The highest BCUT2D eigenvalue weighted by Crippen LogP contribution is 2.41. The summed E-state index contributed by atoms with van der Waals surface area (Å²) >= 11 is 1.21. The van der Waals surface area contributed by atoms with Crippen LogP contribution in [0, 0.1) is 5.82 Å². The van der Waals surface area contributed by atoms with Gasteiger partial charge in [-0.1, -0.05) is 23.9 Å². The van der Waals surface area contributed by atoms with Crippen LogP contribution in [0.3, 0.4) is 0 Å². The van der Waals surface area contributed by atoms with Crippen LogP contribution in [0.4, 0.5) is 18.9 Å². The first kappa shape index (κ1) is 20.3. The molecule has 1 fully saturated rings. The van der Waals surface area contributed by atoms with Gasteiger partial charge in [-0.25, -0.2) is 4.39 Å². The minimum Gasteiger partial charge on any atom is -0.435 e. The number of halogens is 3. The number of alkyl halides is 2. The summed E-state index contributed by atoms with van der Waals surface area (Å²) in [6.07, 6.45) is 1.90. The molecule has 3 aromatic rings. The molecule has 1 amide bonds. The SMILES string of the molecule is O=C(CSc1nnc(-c2ccccc2F)n1C1CC1)Nc1ccc(OC(F)F)cc1. The molecule has 0 bridgehead atoms. The second-order valence-corrected chi connectivity index (χ2v) is 7.57. The van der Waals surface area contributed by atoms with Gasteiger partial charge in [0.25, 0.3) is 0 Å². The minimum atomic E-state index is -2.90. The van der Waals surface area contributed by atoms with Gasteiger partial charge in [-0.2, -0.15) is 8.78 Å². The number of carbonyl (C=O) groups excluding carboxylic acids is 1. The van der Waals surface area contributed by atoms with Gasteiger partial charge in [-0.3, -0.25) is 9.36 Å². The second kappa shape index (κ2) is 8.78. The Hall–Kier alpha value is -3.01. The van der Waals surface area contributed by atoms with E-state index in [0.29, 0.717) is 22.2 Å². The van der Waals surface area contributed by atoms with Crippen molar-refractivity contribution in [1.29, 1.82) is 0 Å². The summed E-state index contributed by atoms with van der Waals surface area (Å²) in [5, 5.41) is 11.5. The van der Waals surface area contributed by atoms with E-state index in [2.05, 4.69) is 20.3 Å². The maximum absolute atomic E-state index is 14.2. The number of hydrogen-bond acceptors (Lipinski definition) is 5. The first-order valence-electron chi connectivity index (χ1n) is 9.18. The molecule has 0 atom stereocenters. The highest BCUT2D eigenvalue weighted by Gasteiger charge is 2.31. The van der Waals surface area contributed by atoms with E-state index in [1.165, 1.54) is 42.1 Å². The van der Waals surface area contributed by atoms with Crippen LogP contribution in [0.1, 0.15) is 18.9 Å². The van der Waals surface area contributed by atoms with Crippen LogP contribution >= 0.6 is 11.8 Å². The van der Waals surface area contributed by atoms with E-state index in [1.807, 2.05) is 4.57 Å². The monoisotopic (exact) mass is 434 g/mol. The van der Waals surface area contributed by atoms with Crippen LogP contribution in [0.15, 0.2) is 53.7 Å². The summed E-state index contributed by atoms with van der Waals surface area (Å²) in [6, 6.07) is 12.2. The van der Waals surface area contributed by atoms with Gasteiger partial charge in [-0.05, 0) is 49.2 Å². The first-order valence-corrected chi connectivity index (χ1v) is 10.2. The Bertz CT molecular complexity index is 1040. The van der Waals surface area contributed by atoms with Crippen molar-refractivity contribution < 1.29 is 22.7 Å². The Morgan fingerprint density at radius 2 is 1.90 bits per heavy atom. The molecule has 0 unspecified atom stereocenters. The molecule has 10 heteroatoms. The zero-order valence-corrected chi connectivity index (χ0v) is 16.4. The van der Waals surface area contributed by atoms with Crippen molar-refractivity contribution >= 4 is 23.4 Å². The van der Waals surface area contributed by atoms with Crippen molar-refractivity contribution in [3.63, 3.8) is 0 Å². The summed E-state index contributed by atoms with van der Waals surface area (Å²) < 4.78 is 44.7. The topological polar surface area (TPSA) is 69.0 Å². The van der Waals surface area contributed by atoms with Crippen LogP contribution in [0.2, 0.25) is 0 Å². The Kier molecular flexibility index (Phi) is 5.93. The van der Waals surface area contributed by atoms with Crippen LogP contribution in [0.25, 0.3) is 11.4 Å². The molecular weight excluding hydrogens is 417 g/mol. The lowest BCUT2D eigenvalue weighted by Gasteiger charge is -2.10. The summed E-state index contributed by atoms with van der Waals surface area (Å²) in [5.41, 5.74) is 0.831. The third-order valence-electron chi connectivity index (χ3n) is 4.39. The van der Waals surface area contributed by atoms with E-state index < -0.39 is 6.61 Å². The number of anilines is 1. The molecule has 1 aromatic heterocycles. The molecular formula is C20H17F3N4O2S. The molecule has 156 valence electrons. The first-order chi connectivity index (χ1) is 14.5. The van der Waals surface area contributed by atoms with Crippen molar-refractivity contribution in [2.24, 2.45) is 0 Å². The van der Waals surface area contributed by atoms with E-state index in [4.69, 9.17) is 0 Å². The lowest BCUT2D eigenvalue weighted by atomic mass is 10.2. The quantitative estimate of drug-likeness (QED) is 0.518. The zero-order valence-electron chi connectivity index (χ0n) is 15.6. The van der Waals surface area contributed by atoms with E-state index in [0.717, 1.165) is 12.8 Å². The van der Waals surface area contributed by atoms with Gasteiger partial charge in [0.15, 0.2) is 11.0 Å². The third-order valence-corrected chi connectivity index (χ3v) is 5.33. The van der Waals surface area contributed by atoms with E-state index in [9.17, 15) is 18.0 Å². The van der Waals surface area contributed by atoms with Gasteiger partial charge >= 0.3 is 6.61 Å². The molecule has 1 heterocycles. The van der Waals surface area contributed by atoms with Gasteiger partial charge in [-0.15, -0.1) is 10.2 Å². The molecule has 0 radical (unpaired) electrons. The molecule has 4 rings (SSSR count). The number of carbonyl (C=O) groups is 1. The number of hydrogen-bond donors (Lipinski definition) is 1. The largest absolute Gasteiger partial charge is 0.435 e. The average Bonchev–Trinajstić information content (AvgIpc) is 3.47. The van der Waals surface area contributed by atoms with Gasteiger partial charge in [0.1, 0.15) is 11.6 Å². The molecule has 0 aliphatic heterocycles. The van der Waals surface area contributed by atoms with E-state index in [1.54, 1.807) is 18.2 Å². The summed E-state index contributed by atoms with van der Waals surface area (Å²) in [4.78, 5) is 12.3. The number of benzene rings is 2. The predicted octanol–water partition coefficient (Wildman–Crippen LogP) is 4.75. The lowest BCUT2D eigenvalue weighted by molar-refractivity contribution is -0.113. The summed E-state index contributed by atoms with van der Waals surface area (Å²) in [7, 11) is 0. The molecule has 2 aromatic carbocycles. The van der Waals surface area contributed by atoms with Crippen LogP contribution < -0.4 is 10.1 Å². The van der Waals surface area contributed by atoms with Crippen LogP contribution in [0.5, 0.6) is 5.75 Å². The number of nitrogens with one attached hydrogen (secondary N) is 1. The predicted molar refractivity (Wildman–Crippen MR) is 106 cm³/mol. The number of aromatic nitrogens is 3. The number of rotatable bonds is 8. The molecule has 6 nitrogen and oxygen atoms in total. The van der Waals surface area contributed by atoms with Crippen LogP contribution in [-0.4, -0.2) is 33.0 Å². The molecule has 1 saturated carbocycles. The fourth-order valence-electron chi connectivity index (χ4n) is 2.91. The molecule has 1 aliphatic rings. The van der Waals surface area contributed by atoms with Crippen LogP contribution in [-0.2, 0) is 4.79 Å². The van der Waals surface area contributed by atoms with Gasteiger partial charge < -0.3 is 10.1 Å². The molecule has 30 heavy (non-hydrogen) atoms. The summed E-state index contributed by atoms with van der Waals surface area (Å²) in [6.45, 7) is -2.90. The van der Waals surface area contributed by atoms with Crippen molar-refractivity contribution in [3.05, 3.63) is 54.3 Å². The van der Waals surface area contributed by atoms with Crippen molar-refractivity contribution in [2.45, 2.75) is 30.7 Å². The normalized spacial score (nSPS) is 13.5. The molecule has 0 saturated heterocycles. The van der Waals surface area contributed by atoms with E-state index >= 15 is 0 Å². The minimum absolute atomic E-state index is 0.00980. The molecule has 1 aliphatic carbocycles. The Balaban J connectivity index is 1.41. The Morgan fingerprint density at radius 1 is 1.17 bits per heavy atom. The number of nitrogens with zero attached hydrogens (tertiary/aromatic N) is 3. The Labute approximate surface area is 174 Å². The van der Waals surface area contributed by atoms with Crippen molar-refractivity contribution in [1.82, 2.24) is 14.8 Å². The maximum Gasteiger partial charge on any atom is 0.387 e. The number of thioether (sulfide) groups is 1. The maximum atomic E-state index is 14.2.